The molecule has 2 rings (SSSR count). The molecular weight excluding hydrogens is 276 g/mol. The van der Waals surface area contributed by atoms with Crippen LogP contribution in [0.15, 0.2) is 16.6 Å². The van der Waals surface area contributed by atoms with E-state index in [1.54, 1.807) is 6.07 Å². The molecule has 1 heterocycles. The fraction of sp³-hybridized carbons (Fsp3) is 0.500. The fourth-order valence-electron chi connectivity index (χ4n) is 2.08. The second-order valence-electron chi connectivity index (χ2n) is 4.21. The van der Waals surface area contributed by atoms with E-state index in [1.807, 2.05) is 0 Å². The number of halogens is 3. The summed E-state index contributed by atoms with van der Waals surface area (Å²) in [4.78, 5) is 0. The Kier molecular flexibility index (Phi) is 3.92. The fourth-order valence-corrected chi connectivity index (χ4v) is 2.47. The van der Waals surface area contributed by atoms with Gasteiger partial charge in [-0.05, 0) is 53.4 Å². The molecule has 1 atom stereocenters. The van der Waals surface area contributed by atoms with Crippen LogP contribution in [0.4, 0.5) is 8.78 Å². The molecular formula is C12H14BrF2N. The molecule has 0 spiro atoms. The number of hydrogen-bond donors (Lipinski definition) is 1. The first-order valence-electron chi connectivity index (χ1n) is 5.53. The number of benzene rings is 1. The maximum absolute atomic E-state index is 13.5. The first-order chi connectivity index (χ1) is 7.66. The highest BCUT2D eigenvalue weighted by molar-refractivity contribution is 9.10. The Morgan fingerprint density at radius 1 is 1.25 bits per heavy atom. The van der Waals surface area contributed by atoms with Gasteiger partial charge in [-0.2, -0.15) is 0 Å². The van der Waals surface area contributed by atoms with E-state index in [4.69, 9.17) is 0 Å². The minimum atomic E-state index is -0.544. The molecule has 1 unspecified atom stereocenters. The zero-order valence-corrected chi connectivity index (χ0v) is 10.5. The zero-order chi connectivity index (χ0) is 11.5. The molecule has 1 N–H and O–H groups in total. The molecule has 16 heavy (non-hydrogen) atoms. The lowest BCUT2D eigenvalue weighted by atomic mass is 9.97. The highest BCUT2D eigenvalue weighted by Gasteiger charge is 2.16. The molecule has 1 aromatic carbocycles. The van der Waals surface area contributed by atoms with Crippen molar-refractivity contribution in [3.63, 3.8) is 0 Å². The average molecular weight is 290 g/mol. The normalized spacial score (nSPS) is 21.1. The maximum Gasteiger partial charge on any atom is 0.140 e. The highest BCUT2D eigenvalue weighted by Crippen LogP contribution is 2.22. The highest BCUT2D eigenvalue weighted by atomic mass is 79.9. The Morgan fingerprint density at radius 2 is 2.06 bits per heavy atom. The monoisotopic (exact) mass is 289 g/mol. The summed E-state index contributed by atoms with van der Waals surface area (Å²) in [5.41, 5.74) is 0.577. The smallest absolute Gasteiger partial charge is 0.140 e. The molecule has 1 fully saturated rings. The van der Waals surface area contributed by atoms with Gasteiger partial charge in [-0.15, -0.1) is 0 Å². The Bertz CT molecular complexity index is 376. The maximum atomic E-state index is 13.5. The Labute approximate surface area is 102 Å². The molecule has 0 bridgehead atoms. The molecule has 0 amide bonds. The average Bonchev–Trinajstić information content (AvgIpc) is 2.27. The standard InChI is InChI=1S/C12H14BrF2N/c13-10-6-8(11(14)7-12(10)15)5-9-3-1-2-4-16-9/h6-7,9,16H,1-5H2. The van der Waals surface area contributed by atoms with Gasteiger partial charge in [-0.25, -0.2) is 8.78 Å². The van der Waals surface area contributed by atoms with E-state index in [2.05, 4.69) is 21.2 Å². The van der Waals surface area contributed by atoms with Crippen molar-refractivity contribution in [2.24, 2.45) is 0 Å². The lowest BCUT2D eigenvalue weighted by Gasteiger charge is -2.23. The van der Waals surface area contributed by atoms with Crippen LogP contribution in [0.2, 0.25) is 0 Å². The minimum absolute atomic E-state index is 0.320. The molecule has 1 saturated heterocycles. The summed E-state index contributed by atoms with van der Waals surface area (Å²) >= 11 is 3.08. The first kappa shape index (κ1) is 12.0. The van der Waals surface area contributed by atoms with Crippen LogP contribution >= 0.6 is 15.9 Å². The number of piperidine rings is 1. The lowest BCUT2D eigenvalue weighted by Crippen LogP contribution is -2.35. The third kappa shape index (κ3) is 2.80. The number of rotatable bonds is 2. The van der Waals surface area contributed by atoms with Crippen LogP contribution in [0.25, 0.3) is 0 Å². The van der Waals surface area contributed by atoms with Gasteiger partial charge in [0.1, 0.15) is 11.6 Å². The molecule has 1 aliphatic rings. The van der Waals surface area contributed by atoms with E-state index < -0.39 is 11.6 Å². The number of hydrogen-bond acceptors (Lipinski definition) is 1. The molecule has 1 aromatic rings. The van der Waals surface area contributed by atoms with Crippen molar-refractivity contribution in [3.8, 4) is 0 Å². The Hall–Kier alpha value is -0.480. The van der Waals surface area contributed by atoms with Gasteiger partial charge >= 0.3 is 0 Å². The topological polar surface area (TPSA) is 12.0 Å². The van der Waals surface area contributed by atoms with E-state index in [0.29, 0.717) is 22.5 Å². The SMILES string of the molecule is Fc1cc(F)c(CC2CCCCN2)cc1Br. The minimum Gasteiger partial charge on any atom is -0.314 e. The summed E-state index contributed by atoms with van der Waals surface area (Å²) in [7, 11) is 0. The Balaban J connectivity index is 2.11. The predicted molar refractivity (Wildman–Crippen MR) is 63.4 cm³/mol. The third-order valence-electron chi connectivity index (χ3n) is 2.97. The van der Waals surface area contributed by atoms with Crippen molar-refractivity contribution in [1.29, 1.82) is 0 Å². The number of nitrogens with one attached hydrogen (secondary N) is 1. The van der Waals surface area contributed by atoms with E-state index >= 15 is 0 Å². The lowest BCUT2D eigenvalue weighted by molar-refractivity contribution is 0.394. The van der Waals surface area contributed by atoms with E-state index in [9.17, 15) is 8.78 Å². The molecule has 4 heteroatoms. The van der Waals surface area contributed by atoms with E-state index in [-0.39, 0.29) is 0 Å². The van der Waals surface area contributed by atoms with Crippen LogP contribution in [0.3, 0.4) is 0 Å². The van der Waals surface area contributed by atoms with Gasteiger partial charge in [0, 0.05) is 12.1 Å². The molecule has 0 radical (unpaired) electrons. The van der Waals surface area contributed by atoms with Crippen molar-refractivity contribution in [2.75, 3.05) is 6.54 Å². The summed E-state index contributed by atoms with van der Waals surface area (Å²) in [5, 5.41) is 3.35. The molecule has 0 saturated carbocycles. The van der Waals surface area contributed by atoms with Crippen molar-refractivity contribution in [3.05, 3.63) is 33.8 Å². The molecule has 1 aliphatic heterocycles. The summed E-state index contributed by atoms with van der Waals surface area (Å²) in [6.07, 6.45) is 4.06. The van der Waals surface area contributed by atoms with Crippen molar-refractivity contribution >= 4 is 15.9 Å². The first-order valence-corrected chi connectivity index (χ1v) is 6.33. The van der Waals surface area contributed by atoms with Crippen molar-refractivity contribution in [1.82, 2.24) is 5.32 Å². The van der Waals surface area contributed by atoms with Crippen LogP contribution < -0.4 is 5.32 Å². The van der Waals surface area contributed by atoms with E-state index in [1.165, 1.54) is 12.8 Å². The van der Waals surface area contributed by atoms with Gasteiger partial charge in [-0.1, -0.05) is 6.42 Å². The van der Waals surface area contributed by atoms with E-state index in [0.717, 1.165) is 19.0 Å². The second-order valence-corrected chi connectivity index (χ2v) is 5.06. The summed E-state index contributed by atoms with van der Waals surface area (Å²) in [6, 6.07) is 2.81. The van der Waals surface area contributed by atoms with Gasteiger partial charge in [0.05, 0.1) is 4.47 Å². The van der Waals surface area contributed by atoms with Crippen LogP contribution in [0.1, 0.15) is 24.8 Å². The van der Waals surface area contributed by atoms with Crippen molar-refractivity contribution < 1.29 is 8.78 Å². The van der Waals surface area contributed by atoms with Crippen LogP contribution in [-0.2, 0) is 6.42 Å². The molecule has 1 nitrogen and oxygen atoms in total. The van der Waals surface area contributed by atoms with Gasteiger partial charge in [0.25, 0.3) is 0 Å². The predicted octanol–water partition coefficient (Wildman–Crippen LogP) is 3.41. The molecule has 88 valence electrons. The van der Waals surface area contributed by atoms with Gasteiger partial charge in [-0.3, -0.25) is 0 Å². The molecule has 0 aliphatic carbocycles. The van der Waals surface area contributed by atoms with Crippen LogP contribution in [-0.4, -0.2) is 12.6 Å². The largest absolute Gasteiger partial charge is 0.314 e. The summed E-state index contributed by atoms with van der Waals surface area (Å²) < 4.78 is 26.9. The summed E-state index contributed by atoms with van der Waals surface area (Å²) in [5.74, 6) is -0.995. The zero-order valence-electron chi connectivity index (χ0n) is 8.90. The second kappa shape index (κ2) is 5.23. The quantitative estimate of drug-likeness (QED) is 0.823. The van der Waals surface area contributed by atoms with Crippen LogP contribution in [0.5, 0.6) is 0 Å². The Morgan fingerprint density at radius 3 is 2.75 bits per heavy atom. The molecule has 0 aromatic heterocycles. The van der Waals surface area contributed by atoms with Crippen molar-refractivity contribution in [2.45, 2.75) is 31.7 Å². The van der Waals surface area contributed by atoms with Crippen LogP contribution in [0, 0.1) is 11.6 Å². The third-order valence-corrected chi connectivity index (χ3v) is 3.58. The van der Waals surface area contributed by atoms with Gasteiger partial charge in [0.15, 0.2) is 0 Å². The van der Waals surface area contributed by atoms with Gasteiger partial charge in [0.2, 0.25) is 0 Å². The summed E-state index contributed by atoms with van der Waals surface area (Å²) in [6.45, 7) is 0.995. The van der Waals surface area contributed by atoms with Gasteiger partial charge < -0.3 is 5.32 Å².